The van der Waals surface area contributed by atoms with E-state index in [1.807, 2.05) is 13.0 Å². The smallest absolute Gasteiger partial charge is 0.327 e. The highest BCUT2D eigenvalue weighted by molar-refractivity contribution is 6.33. The number of anilines is 2. The number of nitrogens with zero attached hydrogens (tertiary/aromatic N) is 2. The van der Waals surface area contributed by atoms with Crippen molar-refractivity contribution < 1.29 is 23.5 Å². The second-order valence-corrected chi connectivity index (χ2v) is 7.97. The van der Waals surface area contributed by atoms with E-state index in [-0.39, 0.29) is 30.0 Å². The molecule has 0 saturated carbocycles. The van der Waals surface area contributed by atoms with Gasteiger partial charge in [-0.1, -0.05) is 23.7 Å². The van der Waals surface area contributed by atoms with Crippen LogP contribution in [0.15, 0.2) is 30.3 Å². The highest BCUT2D eigenvalue weighted by Gasteiger charge is 2.46. The van der Waals surface area contributed by atoms with Gasteiger partial charge in [0.2, 0.25) is 5.91 Å². The molecule has 0 aliphatic carbocycles. The van der Waals surface area contributed by atoms with Gasteiger partial charge in [-0.2, -0.15) is 0 Å². The lowest BCUT2D eigenvalue weighted by molar-refractivity contribution is -0.139. The first kappa shape index (κ1) is 22.0. The fourth-order valence-electron chi connectivity index (χ4n) is 3.68. The molecule has 1 fully saturated rings. The number of pyridine rings is 1. The lowest BCUT2D eigenvalue weighted by atomic mass is 9.99. The Balaban J connectivity index is 1.91. The number of para-hydroxylation sites is 1. The number of benzene rings is 1. The third-order valence-corrected chi connectivity index (χ3v) is 5.45. The minimum atomic E-state index is -3.15. The number of carbonyl (C=O) groups excluding carboxylic acids is 1. The van der Waals surface area contributed by atoms with Gasteiger partial charge in [0.15, 0.2) is 0 Å². The van der Waals surface area contributed by atoms with Crippen LogP contribution < -0.4 is 10.2 Å². The number of carbonyl (C=O) groups is 2. The van der Waals surface area contributed by atoms with E-state index in [9.17, 15) is 23.5 Å². The quantitative estimate of drug-likeness (QED) is 0.700. The van der Waals surface area contributed by atoms with E-state index in [4.69, 9.17) is 11.6 Å². The first-order chi connectivity index (χ1) is 14.0. The molecule has 0 radical (unpaired) electrons. The summed E-state index contributed by atoms with van der Waals surface area (Å²) in [5.41, 5.74) is 1.49. The van der Waals surface area contributed by atoms with Crippen LogP contribution in [-0.2, 0) is 15.5 Å². The Morgan fingerprint density at radius 1 is 1.37 bits per heavy atom. The second kappa shape index (κ2) is 8.18. The van der Waals surface area contributed by atoms with Gasteiger partial charge in [0.25, 0.3) is 5.92 Å². The number of carboxylic acids is 1. The highest BCUT2D eigenvalue weighted by atomic mass is 35.5. The maximum absolute atomic E-state index is 13.8. The van der Waals surface area contributed by atoms with Crippen LogP contribution in [0.2, 0.25) is 5.02 Å². The molecule has 0 unspecified atom stereocenters. The van der Waals surface area contributed by atoms with Crippen LogP contribution in [0, 0.1) is 19.8 Å². The van der Waals surface area contributed by atoms with E-state index in [1.165, 1.54) is 13.0 Å². The maximum atomic E-state index is 13.8. The molecule has 2 N–H and O–H groups in total. The molecule has 1 saturated heterocycles. The molecule has 1 aliphatic heterocycles. The van der Waals surface area contributed by atoms with Gasteiger partial charge in [0.1, 0.15) is 11.9 Å². The van der Waals surface area contributed by atoms with Crippen LogP contribution in [0.1, 0.15) is 30.2 Å². The Morgan fingerprint density at radius 2 is 2.07 bits per heavy atom. The number of halogens is 3. The van der Waals surface area contributed by atoms with Crippen molar-refractivity contribution in [1.29, 1.82) is 0 Å². The lowest BCUT2D eigenvalue weighted by Gasteiger charge is -2.26. The van der Waals surface area contributed by atoms with Gasteiger partial charge in [-0.3, -0.25) is 9.69 Å². The summed E-state index contributed by atoms with van der Waals surface area (Å²) in [5.74, 6) is -5.53. The number of aromatic nitrogens is 1. The van der Waals surface area contributed by atoms with Crippen LogP contribution >= 0.6 is 11.6 Å². The van der Waals surface area contributed by atoms with Crippen molar-refractivity contribution in [3.05, 3.63) is 52.2 Å². The summed E-state index contributed by atoms with van der Waals surface area (Å²) in [6.45, 7) is 4.30. The number of nitrogens with one attached hydrogen (secondary N) is 1. The first-order valence-corrected chi connectivity index (χ1v) is 9.77. The van der Waals surface area contributed by atoms with E-state index in [2.05, 4.69) is 10.3 Å². The third-order valence-electron chi connectivity index (χ3n) is 5.14. The summed E-state index contributed by atoms with van der Waals surface area (Å²) in [5, 5.41) is 13.4. The molecule has 6 nitrogen and oxygen atoms in total. The molecule has 160 valence electrons. The summed E-state index contributed by atoms with van der Waals surface area (Å²) in [7, 11) is 0. The number of alkyl halides is 2. The zero-order valence-corrected chi connectivity index (χ0v) is 17.5. The Bertz CT molecular complexity index is 974. The van der Waals surface area contributed by atoms with Crippen LogP contribution in [0.4, 0.5) is 20.3 Å². The average Bonchev–Trinajstić information content (AvgIpc) is 2.96. The topological polar surface area (TPSA) is 82.5 Å². The van der Waals surface area contributed by atoms with Crippen LogP contribution in [0.5, 0.6) is 0 Å². The molecule has 1 aromatic heterocycles. The third kappa shape index (κ3) is 4.38. The number of aryl methyl sites for hydroxylation is 2. The molecule has 2 heterocycles. The Labute approximate surface area is 177 Å². The molecule has 30 heavy (non-hydrogen) atoms. The second-order valence-electron chi connectivity index (χ2n) is 7.57. The van der Waals surface area contributed by atoms with Crippen molar-refractivity contribution >= 4 is 35.0 Å². The number of amides is 1. The maximum Gasteiger partial charge on any atom is 0.327 e. The first-order valence-electron chi connectivity index (χ1n) is 9.40. The summed E-state index contributed by atoms with van der Waals surface area (Å²) < 4.78 is 27.7. The lowest BCUT2D eigenvalue weighted by Crippen LogP contribution is -2.43. The van der Waals surface area contributed by atoms with Crippen molar-refractivity contribution in [2.24, 2.45) is 5.92 Å². The van der Waals surface area contributed by atoms with Crippen molar-refractivity contribution in [3.8, 4) is 0 Å². The van der Waals surface area contributed by atoms with Crippen LogP contribution in [0.25, 0.3) is 0 Å². The normalized spacial score (nSPS) is 19.3. The summed E-state index contributed by atoms with van der Waals surface area (Å²) in [4.78, 5) is 29.9. The minimum Gasteiger partial charge on any atom is -0.480 e. The minimum absolute atomic E-state index is 0.0546. The Kier molecular flexibility index (Phi) is 5.99. The van der Waals surface area contributed by atoms with Crippen molar-refractivity contribution in [2.45, 2.75) is 39.2 Å². The molecular formula is C21H22ClF2N3O3. The molecule has 9 heteroatoms. The fourth-order valence-corrected chi connectivity index (χ4v) is 3.97. The van der Waals surface area contributed by atoms with Crippen LogP contribution in [-0.4, -0.2) is 34.6 Å². The van der Waals surface area contributed by atoms with E-state index < -0.39 is 29.8 Å². The van der Waals surface area contributed by atoms with Gasteiger partial charge in [0, 0.05) is 37.1 Å². The number of carboxylic acid groups (broad SMARTS) is 1. The number of hydrogen-bond acceptors (Lipinski definition) is 4. The largest absolute Gasteiger partial charge is 0.480 e. The summed E-state index contributed by atoms with van der Waals surface area (Å²) in [6.07, 6.45) is -0.0546. The van der Waals surface area contributed by atoms with Gasteiger partial charge in [-0.25, -0.2) is 18.6 Å². The van der Waals surface area contributed by atoms with Gasteiger partial charge in [-0.15, -0.1) is 0 Å². The van der Waals surface area contributed by atoms with E-state index in [0.717, 1.165) is 23.5 Å². The average molecular weight is 438 g/mol. The van der Waals surface area contributed by atoms with Gasteiger partial charge in [0.05, 0.1) is 10.7 Å². The van der Waals surface area contributed by atoms with Gasteiger partial charge < -0.3 is 10.4 Å². The molecule has 2 atom stereocenters. The molecular weight excluding hydrogens is 416 g/mol. The number of hydrogen-bond donors (Lipinski definition) is 2. The fraction of sp³-hybridized carbons (Fsp3) is 0.381. The predicted octanol–water partition coefficient (Wildman–Crippen LogP) is 4.38. The zero-order valence-electron chi connectivity index (χ0n) is 16.7. The zero-order chi connectivity index (χ0) is 22.2. The van der Waals surface area contributed by atoms with Gasteiger partial charge in [-0.05, 0) is 37.6 Å². The summed E-state index contributed by atoms with van der Waals surface area (Å²) in [6, 6.07) is 6.43. The van der Waals surface area contributed by atoms with E-state index in [0.29, 0.717) is 10.7 Å². The van der Waals surface area contributed by atoms with Crippen molar-refractivity contribution in [3.63, 3.8) is 0 Å². The number of aliphatic carboxylic acids is 1. The van der Waals surface area contributed by atoms with Crippen molar-refractivity contribution in [2.75, 3.05) is 16.8 Å². The SMILES string of the molecule is Cc1cc(C(C)(F)F)cc(N2C(=O)C[C@H](CNc3c(C)cccc3Cl)[C@H]2C(=O)O)n1. The Morgan fingerprint density at radius 3 is 2.67 bits per heavy atom. The Hall–Kier alpha value is -2.74. The molecule has 0 bridgehead atoms. The van der Waals surface area contributed by atoms with Gasteiger partial charge >= 0.3 is 5.97 Å². The van der Waals surface area contributed by atoms with E-state index in [1.54, 1.807) is 12.1 Å². The molecule has 1 aliphatic rings. The molecule has 1 amide bonds. The van der Waals surface area contributed by atoms with E-state index >= 15 is 0 Å². The molecule has 2 aromatic rings. The molecule has 1 aromatic carbocycles. The molecule has 0 spiro atoms. The highest BCUT2D eigenvalue weighted by Crippen LogP contribution is 2.35. The van der Waals surface area contributed by atoms with Crippen LogP contribution in [0.3, 0.4) is 0 Å². The van der Waals surface area contributed by atoms with Crippen molar-refractivity contribution in [1.82, 2.24) is 4.98 Å². The monoisotopic (exact) mass is 437 g/mol. The number of rotatable bonds is 6. The predicted molar refractivity (Wildman–Crippen MR) is 110 cm³/mol. The standard InChI is InChI=1S/C21H22ClF2N3O3/c1-11-5-4-6-15(22)18(11)25-10-13-8-17(28)27(19(13)20(29)30)16-9-14(21(3,23)24)7-12(2)26-16/h4-7,9,13,19,25H,8,10H2,1-3H3,(H,29,30)/t13-,19+/m1/s1. The molecule has 3 rings (SSSR count). The summed E-state index contributed by atoms with van der Waals surface area (Å²) >= 11 is 6.21.